The van der Waals surface area contributed by atoms with Crippen LogP contribution in [0.25, 0.3) is 5.52 Å². The number of nitrogens with zero attached hydrogens (tertiary/aromatic N) is 2. The average Bonchev–Trinajstić information content (AvgIpc) is 3.05. The molecule has 0 bridgehead atoms. The number of fused-ring (bicyclic) bond motifs is 1. The zero-order chi connectivity index (χ0) is 21.8. The van der Waals surface area contributed by atoms with Gasteiger partial charge in [-0.05, 0) is 37.1 Å². The van der Waals surface area contributed by atoms with Gasteiger partial charge in [0.25, 0.3) is 11.7 Å². The summed E-state index contributed by atoms with van der Waals surface area (Å²) < 4.78 is 20.8. The van der Waals surface area contributed by atoms with E-state index in [0.717, 1.165) is 11.3 Å². The molecule has 0 saturated carbocycles. The SMILES string of the molecule is COOCCOc1nc(C)c(Cc2ccc(F)cc2)n2cc(C)c(C(=O)C(N)=O)c12. The number of ether oxygens (including phenoxy) is 1. The molecule has 3 aromatic rings. The summed E-state index contributed by atoms with van der Waals surface area (Å²) in [6.45, 7) is 3.76. The van der Waals surface area contributed by atoms with Crippen molar-refractivity contribution in [3.63, 3.8) is 0 Å². The van der Waals surface area contributed by atoms with Gasteiger partial charge in [-0.2, -0.15) is 0 Å². The van der Waals surface area contributed by atoms with Crippen LogP contribution in [0.4, 0.5) is 4.39 Å². The molecule has 9 heteroatoms. The van der Waals surface area contributed by atoms with E-state index in [0.29, 0.717) is 23.2 Å². The Morgan fingerprint density at radius 3 is 2.50 bits per heavy atom. The molecule has 1 amide bonds. The number of carbonyl (C=O) groups is 2. The third-order valence-corrected chi connectivity index (χ3v) is 4.63. The van der Waals surface area contributed by atoms with Crippen LogP contribution in [-0.4, -0.2) is 41.4 Å². The minimum atomic E-state index is -1.07. The number of aryl methyl sites for hydroxylation is 2. The summed E-state index contributed by atoms with van der Waals surface area (Å²) in [5.41, 5.74) is 8.57. The van der Waals surface area contributed by atoms with E-state index >= 15 is 0 Å². The number of benzene rings is 1. The van der Waals surface area contributed by atoms with Crippen LogP contribution >= 0.6 is 0 Å². The smallest absolute Gasteiger partial charge is 0.289 e. The van der Waals surface area contributed by atoms with E-state index in [9.17, 15) is 14.0 Å². The van der Waals surface area contributed by atoms with Crippen LogP contribution in [0, 0.1) is 19.7 Å². The Kier molecular flexibility index (Phi) is 6.43. The second-order valence-corrected chi connectivity index (χ2v) is 6.69. The van der Waals surface area contributed by atoms with Crippen LogP contribution in [0.5, 0.6) is 5.88 Å². The van der Waals surface area contributed by atoms with Crippen molar-refractivity contribution in [2.24, 2.45) is 5.73 Å². The van der Waals surface area contributed by atoms with E-state index in [1.807, 2.05) is 6.92 Å². The Morgan fingerprint density at radius 1 is 1.17 bits per heavy atom. The second kappa shape index (κ2) is 9.02. The summed E-state index contributed by atoms with van der Waals surface area (Å²) in [6, 6.07) is 6.12. The van der Waals surface area contributed by atoms with Crippen molar-refractivity contribution < 1.29 is 28.5 Å². The first-order valence-corrected chi connectivity index (χ1v) is 9.21. The lowest BCUT2D eigenvalue weighted by Gasteiger charge is -2.14. The van der Waals surface area contributed by atoms with E-state index in [2.05, 4.69) is 9.87 Å². The van der Waals surface area contributed by atoms with Crippen molar-refractivity contribution in [3.8, 4) is 5.88 Å². The first-order chi connectivity index (χ1) is 14.3. The first-order valence-electron chi connectivity index (χ1n) is 9.21. The summed E-state index contributed by atoms with van der Waals surface area (Å²) in [6.07, 6.45) is 2.17. The van der Waals surface area contributed by atoms with E-state index in [1.165, 1.54) is 19.2 Å². The molecule has 0 unspecified atom stereocenters. The molecule has 2 aromatic heterocycles. The van der Waals surface area contributed by atoms with Gasteiger partial charge in [-0.1, -0.05) is 12.1 Å². The van der Waals surface area contributed by atoms with E-state index < -0.39 is 11.7 Å². The van der Waals surface area contributed by atoms with Gasteiger partial charge in [0.2, 0.25) is 5.88 Å². The molecule has 2 N–H and O–H groups in total. The molecule has 0 aliphatic heterocycles. The molecule has 0 radical (unpaired) electrons. The van der Waals surface area contributed by atoms with Gasteiger partial charge in [0.05, 0.1) is 18.4 Å². The van der Waals surface area contributed by atoms with Gasteiger partial charge in [0.15, 0.2) is 0 Å². The number of Topliss-reactive ketones (excluding diaryl/α,β-unsaturated/α-hetero) is 1. The molecule has 0 saturated heterocycles. The molecule has 3 rings (SSSR count). The lowest BCUT2D eigenvalue weighted by molar-refractivity contribution is -0.275. The molecule has 30 heavy (non-hydrogen) atoms. The number of aromatic nitrogens is 2. The number of amides is 1. The summed E-state index contributed by atoms with van der Waals surface area (Å²) >= 11 is 0. The minimum absolute atomic E-state index is 0.113. The minimum Gasteiger partial charge on any atom is -0.474 e. The Morgan fingerprint density at radius 2 is 1.87 bits per heavy atom. The average molecular weight is 415 g/mol. The Hall–Kier alpha value is -3.30. The zero-order valence-corrected chi connectivity index (χ0v) is 16.9. The van der Waals surface area contributed by atoms with Crippen molar-refractivity contribution in [3.05, 3.63) is 64.4 Å². The number of nitrogens with two attached hydrogens (primary N) is 1. The molecule has 2 heterocycles. The van der Waals surface area contributed by atoms with Gasteiger partial charge in [0.1, 0.15) is 24.5 Å². The number of hydrogen-bond donors (Lipinski definition) is 1. The third kappa shape index (κ3) is 4.32. The van der Waals surface area contributed by atoms with Crippen molar-refractivity contribution in [2.45, 2.75) is 20.3 Å². The lowest BCUT2D eigenvalue weighted by Crippen LogP contribution is -2.24. The lowest BCUT2D eigenvalue weighted by atomic mass is 10.1. The van der Waals surface area contributed by atoms with Crippen LogP contribution < -0.4 is 10.5 Å². The van der Waals surface area contributed by atoms with Crippen LogP contribution in [0.1, 0.15) is 32.9 Å². The predicted octanol–water partition coefficient (Wildman–Crippen LogP) is 2.31. The van der Waals surface area contributed by atoms with E-state index in [4.69, 9.17) is 15.4 Å². The summed E-state index contributed by atoms with van der Waals surface area (Å²) in [7, 11) is 1.38. The van der Waals surface area contributed by atoms with Crippen molar-refractivity contribution in [2.75, 3.05) is 20.3 Å². The molecule has 158 valence electrons. The van der Waals surface area contributed by atoms with Crippen LogP contribution in [0.3, 0.4) is 0 Å². The molecular weight excluding hydrogens is 393 g/mol. The monoisotopic (exact) mass is 415 g/mol. The topological polar surface area (TPSA) is 105 Å². The normalized spacial score (nSPS) is 11.1. The second-order valence-electron chi connectivity index (χ2n) is 6.69. The summed E-state index contributed by atoms with van der Waals surface area (Å²) in [5.74, 6) is -2.05. The van der Waals surface area contributed by atoms with Gasteiger partial charge < -0.3 is 14.9 Å². The van der Waals surface area contributed by atoms with Gasteiger partial charge in [-0.15, -0.1) is 0 Å². The number of halogens is 1. The molecule has 1 aromatic carbocycles. The highest BCUT2D eigenvalue weighted by Gasteiger charge is 2.26. The Balaban J connectivity index is 2.15. The number of primary amides is 1. The van der Waals surface area contributed by atoms with Crippen molar-refractivity contribution >= 4 is 17.2 Å². The quantitative estimate of drug-likeness (QED) is 0.189. The number of rotatable bonds is 9. The fraction of sp³-hybridized carbons (Fsp3) is 0.286. The van der Waals surface area contributed by atoms with Crippen molar-refractivity contribution in [1.29, 1.82) is 0 Å². The third-order valence-electron chi connectivity index (χ3n) is 4.63. The highest BCUT2D eigenvalue weighted by atomic mass is 19.1. The largest absolute Gasteiger partial charge is 0.474 e. The number of hydrogen-bond acceptors (Lipinski definition) is 6. The van der Waals surface area contributed by atoms with Crippen LogP contribution in [0.15, 0.2) is 30.5 Å². The Bertz CT molecular complexity index is 1090. The first kappa shape index (κ1) is 21.4. The maximum Gasteiger partial charge on any atom is 0.289 e. The number of ketones is 1. The molecular formula is C21H22FN3O5. The molecule has 8 nitrogen and oxygen atoms in total. The van der Waals surface area contributed by atoms with Gasteiger partial charge in [0, 0.05) is 18.3 Å². The van der Waals surface area contributed by atoms with E-state index in [-0.39, 0.29) is 30.5 Å². The maximum atomic E-state index is 13.3. The van der Waals surface area contributed by atoms with Crippen molar-refractivity contribution in [1.82, 2.24) is 9.38 Å². The fourth-order valence-electron chi connectivity index (χ4n) is 3.27. The highest BCUT2D eigenvalue weighted by molar-refractivity contribution is 6.44. The predicted molar refractivity (Wildman–Crippen MR) is 106 cm³/mol. The Labute approximate surface area is 172 Å². The molecule has 0 atom stereocenters. The molecule has 0 fully saturated rings. The summed E-state index contributed by atoms with van der Waals surface area (Å²) in [4.78, 5) is 38.0. The highest BCUT2D eigenvalue weighted by Crippen LogP contribution is 2.30. The number of carbonyl (C=O) groups excluding carboxylic acids is 2. The van der Waals surface area contributed by atoms with Crippen LogP contribution in [0.2, 0.25) is 0 Å². The molecule has 0 aliphatic rings. The van der Waals surface area contributed by atoms with Crippen LogP contribution in [-0.2, 0) is 21.0 Å². The zero-order valence-electron chi connectivity index (χ0n) is 16.9. The summed E-state index contributed by atoms with van der Waals surface area (Å²) in [5, 5.41) is 0. The van der Waals surface area contributed by atoms with E-state index in [1.54, 1.807) is 29.7 Å². The maximum absolute atomic E-state index is 13.3. The standard InChI is InChI=1S/C21H22FN3O5/c1-12-11-25-16(10-14-4-6-15(22)7-5-14)13(2)24-21(29-8-9-30-28-3)18(25)17(12)19(26)20(23)27/h4-7,11H,8-10H2,1-3H3,(H2,23,27). The van der Waals surface area contributed by atoms with Gasteiger partial charge >= 0.3 is 0 Å². The molecule has 0 spiro atoms. The van der Waals surface area contributed by atoms with Gasteiger partial charge in [-0.25, -0.2) is 19.1 Å². The fourth-order valence-corrected chi connectivity index (χ4v) is 3.27. The molecule has 0 aliphatic carbocycles. The van der Waals surface area contributed by atoms with Gasteiger partial charge in [-0.3, -0.25) is 9.59 Å².